The van der Waals surface area contributed by atoms with Gasteiger partial charge in [-0.15, -0.1) is 0 Å². The van der Waals surface area contributed by atoms with Crippen LogP contribution in [-0.4, -0.2) is 4.57 Å². The van der Waals surface area contributed by atoms with Gasteiger partial charge in [0.1, 0.15) is 0 Å². The Hall–Kier alpha value is -8.20. The number of fused-ring (bicyclic) bond motifs is 7. The maximum atomic E-state index is 2.41. The van der Waals surface area contributed by atoms with E-state index in [-0.39, 0.29) is 0 Å². The first-order valence-electron chi connectivity index (χ1n) is 21.3. The van der Waals surface area contributed by atoms with Crippen molar-refractivity contribution >= 4 is 71.2 Å². The maximum Gasteiger partial charge on any atom is 0.0541 e. The predicted molar refractivity (Wildman–Crippen MR) is 264 cm³/mol. The second kappa shape index (κ2) is 14.8. The highest BCUT2D eigenvalue weighted by molar-refractivity contribution is 6.10. The fraction of sp³-hybridized carbons (Fsp3) is 0. The summed E-state index contributed by atoms with van der Waals surface area (Å²) in [5.74, 6) is 0. The van der Waals surface area contributed by atoms with Crippen LogP contribution in [0, 0.1) is 0 Å². The van der Waals surface area contributed by atoms with Crippen molar-refractivity contribution in [2.45, 2.75) is 0 Å². The zero-order valence-corrected chi connectivity index (χ0v) is 34.0. The molecule has 0 N–H and O–H groups in total. The molecule has 0 spiro atoms. The monoisotopic (exact) mass is 788 g/mol. The molecule has 0 unspecified atom stereocenters. The fourth-order valence-corrected chi connectivity index (χ4v) is 9.57. The van der Waals surface area contributed by atoms with Crippen LogP contribution in [-0.2, 0) is 0 Å². The van der Waals surface area contributed by atoms with Crippen molar-refractivity contribution in [3.63, 3.8) is 0 Å². The number of rotatable bonds is 7. The summed E-state index contributed by atoms with van der Waals surface area (Å²) in [7, 11) is 0. The van der Waals surface area contributed by atoms with Crippen LogP contribution < -0.4 is 4.90 Å². The van der Waals surface area contributed by atoms with Crippen LogP contribution in [0.15, 0.2) is 243 Å². The lowest BCUT2D eigenvalue weighted by Crippen LogP contribution is -2.10. The summed E-state index contributed by atoms with van der Waals surface area (Å²) >= 11 is 0. The summed E-state index contributed by atoms with van der Waals surface area (Å²) < 4.78 is 2.41. The summed E-state index contributed by atoms with van der Waals surface area (Å²) in [6, 6.07) is 88.4. The minimum Gasteiger partial charge on any atom is -0.310 e. The van der Waals surface area contributed by atoms with Crippen LogP contribution in [0.2, 0.25) is 0 Å². The minimum atomic E-state index is 1.10. The smallest absolute Gasteiger partial charge is 0.0541 e. The molecule has 2 nitrogen and oxygen atoms in total. The Morgan fingerprint density at radius 3 is 1.40 bits per heavy atom. The molecule has 62 heavy (non-hydrogen) atoms. The molecule has 2 heteroatoms. The number of hydrogen-bond acceptors (Lipinski definition) is 1. The van der Waals surface area contributed by atoms with Crippen molar-refractivity contribution < 1.29 is 0 Å². The molecule has 0 atom stereocenters. The first-order valence-corrected chi connectivity index (χ1v) is 21.3. The van der Waals surface area contributed by atoms with Crippen molar-refractivity contribution in [3.05, 3.63) is 243 Å². The van der Waals surface area contributed by atoms with Gasteiger partial charge in [0.15, 0.2) is 0 Å². The Morgan fingerprint density at radius 1 is 0.274 bits per heavy atom. The van der Waals surface area contributed by atoms with Crippen molar-refractivity contribution in [2.24, 2.45) is 0 Å². The Labute approximate surface area is 360 Å². The molecule has 0 saturated heterocycles. The third kappa shape index (κ3) is 6.04. The molecule has 0 saturated carbocycles. The van der Waals surface area contributed by atoms with E-state index < -0.39 is 0 Å². The van der Waals surface area contributed by atoms with Crippen LogP contribution in [0.4, 0.5) is 17.1 Å². The van der Waals surface area contributed by atoms with Crippen molar-refractivity contribution in [1.29, 1.82) is 0 Å². The van der Waals surface area contributed by atoms with Gasteiger partial charge < -0.3 is 9.47 Å². The molecular weight excluding hydrogens is 749 g/mol. The predicted octanol–water partition coefficient (Wildman–Crippen LogP) is 16.7. The third-order valence-electron chi connectivity index (χ3n) is 12.6. The molecule has 0 aliphatic heterocycles. The Bertz CT molecular complexity index is 3560. The van der Waals surface area contributed by atoms with Gasteiger partial charge in [-0.05, 0) is 109 Å². The average Bonchev–Trinajstić information content (AvgIpc) is 3.69. The molecule has 290 valence electrons. The molecule has 0 amide bonds. The molecule has 0 radical (unpaired) electrons. The van der Waals surface area contributed by atoms with E-state index in [1.54, 1.807) is 0 Å². The summed E-state index contributed by atoms with van der Waals surface area (Å²) in [4.78, 5) is 2.39. The van der Waals surface area contributed by atoms with Gasteiger partial charge in [0.2, 0.25) is 0 Å². The van der Waals surface area contributed by atoms with Crippen LogP contribution in [0.25, 0.3) is 93.2 Å². The standard InChI is InChI=1S/C60H40N2/c1-3-15-51-45(13-1)28-29-48-40-47(34-39-52(48)51)43-32-37-50(38-33-43)61(57-23-11-14-44-12-2-4-16-53(44)57)49-35-30-42(31-36-49)41-24-26-46(27-25-41)54-17-5-8-20-58(54)62-59-21-9-6-18-55(59)56-19-7-10-22-60(56)62/h1-40H. The molecule has 0 bridgehead atoms. The quantitative estimate of drug-likeness (QED) is 0.146. The number of nitrogens with zero attached hydrogens (tertiary/aromatic N) is 2. The SMILES string of the molecule is c1ccc(-n2c3ccccc3c3ccccc32)c(-c2ccc(-c3ccc(N(c4ccc(-c5ccc6c(ccc7ccccc76)c5)cc4)c4cccc5ccccc45)cc3)cc2)c1. The van der Waals surface area contributed by atoms with Gasteiger partial charge in [-0.2, -0.15) is 0 Å². The Morgan fingerprint density at radius 2 is 0.726 bits per heavy atom. The van der Waals surface area contributed by atoms with Gasteiger partial charge in [0.05, 0.1) is 22.4 Å². The van der Waals surface area contributed by atoms with Crippen LogP contribution >= 0.6 is 0 Å². The molecular formula is C60H40N2. The zero-order valence-electron chi connectivity index (χ0n) is 34.0. The van der Waals surface area contributed by atoms with Crippen LogP contribution in [0.5, 0.6) is 0 Å². The zero-order chi connectivity index (χ0) is 41.0. The molecule has 0 fully saturated rings. The van der Waals surface area contributed by atoms with E-state index in [9.17, 15) is 0 Å². The third-order valence-corrected chi connectivity index (χ3v) is 12.6. The van der Waals surface area contributed by atoms with E-state index in [1.165, 1.54) is 93.2 Å². The fourth-order valence-electron chi connectivity index (χ4n) is 9.57. The molecule has 11 aromatic carbocycles. The van der Waals surface area contributed by atoms with Gasteiger partial charge in [0, 0.05) is 33.1 Å². The second-order valence-corrected chi connectivity index (χ2v) is 16.1. The Balaban J connectivity index is 0.885. The number of para-hydroxylation sites is 3. The van der Waals surface area contributed by atoms with Gasteiger partial charge in [0.25, 0.3) is 0 Å². The van der Waals surface area contributed by atoms with Crippen LogP contribution in [0.1, 0.15) is 0 Å². The van der Waals surface area contributed by atoms with E-state index in [4.69, 9.17) is 0 Å². The van der Waals surface area contributed by atoms with Crippen molar-refractivity contribution in [1.82, 2.24) is 4.57 Å². The number of hydrogen-bond donors (Lipinski definition) is 0. The highest BCUT2D eigenvalue weighted by Gasteiger charge is 2.18. The first kappa shape index (κ1) is 35.7. The maximum absolute atomic E-state index is 2.41. The lowest BCUT2D eigenvalue weighted by Gasteiger charge is -2.27. The highest BCUT2D eigenvalue weighted by Crippen LogP contribution is 2.41. The average molecular weight is 789 g/mol. The van der Waals surface area contributed by atoms with Gasteiger partial charge in [-0.25, -0.2) is 0 Å². The first-order chi connectivity index (χ1) is 30.7. The number of anilines is 3. The molecule has 1 aromatic heterocycles. The largest absolute Gasteiger partial charge is 0.310 e. The summed E-state index contributed by atoms with van der Waals surface area (Å²) in [6.45, 7) is 0. The van der Waals surface area contributed by atoms with E-state index in [0.29, 0.717) is 0 Å². The second-order valence-electron chi connectivity index (χ2n) is 16.1. The van der Waals surface area contributed by atoms with Crippen molar-refractivity contribution in [2.75, 3.05) is 4.90 Å². The molecule has 0 aliphatic carbocycles. The minimum absolute atomic E-state index is 1.10. The van der Waals surface area contributed by atoms with E-state index in [2.05, 4.69) is 252 Å². The lowest BCUT2D eigenvalue weighted by molar-refractivity contribution is 1.18. The Kier molecular flexibility index (Phi) is 8.53. The summed E-state index contributed by atoms with van der Waals surface area (Å²) in [5.41, 5.74) is 14.1. The summed E-state index contributed by atoms with van der Waals surface area (Å²) in [6.07, 6.45) is 0. The number of aromatic nitrogens is 1. The normalized spacial score (nSPS) is 11.5. The topological polar surface area (TPSA) is 8.17 Å². The van der Waals surface area contributed by atoms with Crippen molar-refractivity contribution in [3.8, 4) is 39.1 Å². The van der Waals surface area contributed by atoms with E-state index >= 15 is 0 Å². The van der Waals surface area contributed by atoms with Gasteiger partial charge >= 0.3 is 0 Å². The molecule has 0 aliphatic rings. The lowest BCUT2D eigenvalue weighted by atomic mass is 9.97. The van der Waals surface area contributed by atoms with Gasteiger partial charge in [-0.3, -0.25) is 0 Å². The van der Waals surface area contributed by atoms with E-state index in [1.807, 2.05) is 0 Å². The molecule has 12 aromatic rings. The molecule has 1 heterocycles. The summed E-state index contributed by atoms with van der Waals surface area (Å²) in [5, 5.41) is 10.1. The molecule has 12 rings (SSSR count). The van der Waals surface area contributed by atoms with E-state index in [0.717, 1.165) is 17.1 Å². The van der Waals surface area contributed by atoms with Gasteiger partial charge in [-0.1, -0.05) is 188 Å². The number of benzene rings is 11. The van der Waals surface area contributed by atoms with Crippen LogP contribution in [0.3, 0.4) is 0 Å². The highest BCUT2D eigenvalue weighted by atomic mass is 15.1.